The van der Waals surface area contributed by atoms with Crippen LogP contribution in [0.25, 0.3) is 10.9 Å². The minimum absolute atomic E-state index is 0.0193. The Morgan fingerprint density at radius 1 is 1.22 bits per heavy atom. The van der Waals surface area contributed by atoms with Crippen molar-refractivity contribution in [1.82, 2.24) is 14.8 Å². The van der Waals surface area contributed by atoms with Crippen LogP contribution in [0.1, 0.15) is 30.6 Å². The summed E-state index contributed by atoms with van der Waals surface area (Å²) < 4.78 is 51.8. The minimum Gasteiger partial charge on any atom is -0.415 e. The Kier molecular flexibility index (Phi) is 8.93. The minimum atomic E-state index is -3.08. The lowest BCUT2D eigenvalue weighted by molar-refractivity contribution is -0.0523. The molecule has 3 aromatic rings. The summed E-state index contributed by atoms with van der Waals surface area (Å²) in [5, 5.41) is 10.3. The van der Waals surface area contributed by atoms with Crippen LogP contribution in [0.4, 0.5) is 30.5 Å². The molecule has 0 saturated heterocycles. The van der Waals surface area contributed by atoms with Gasteiger partial charge in [0, 0.05) is 25.4 Å². The molecule has 0 fully saturated rings. The Hall–Kier alpha value is -3.58. The number of amides is 1. The van der Waals surface area contributed by atoms with Crippen LogP contribution < -0.4 is 26.8 Å². The fourth-order valence-corrected chi connectivity index (χ4v) is 3.73. The van der Waals surface area contributed by atoms with Crippen LogP contribution in [0, 0.1) is 11.7 Å². The van der Waals surface area contributed by atoms with Gasteiger partial charge < -0.3 is 31.6 Å². The summed E-state index contributed by atoms with van der Waals surface area (Å²) in [6.45, 7) is 1.81. The predicted octanol–water partition coefficient (Wildman–Crippen LogP) is 3.45. The second-order valence-corrected chi connectivity index (χ2v) is 8.54. The largest absolute Gasteiger partial charge is 0.415 e. The number of benzene rings is 1. The van der Waals surface area contributed by atoms with Crippen LogP contribution in [-0.2, 0) is 11.3 Å². The summed E-state index contributed by atoms with van der Waals surface area (Å²) in [6.07, 6.45) is 0.675. The number of fused-ring (bicyclic) bond motifs is 1. The average Bonchev–Trinajstić information content (AvgIpc) is 3.14. The zero-order valence-electron chi connectivity index (χ0n) is 20.2. The van der Waals surface area contributed by atoms with Crippen molar-refractivity contribution in [2.24, 2.45) is 17.4 Å². The van der Waals surface area contributed by atoms with Gasteiger partial charge in [0.1, 0.15) is 5.82 Å². The number of methoxy groups -OCH3 is 1. The number of hydrogen-bond donors (Lipinski definition) is 4. The first kappa shape index (κ1) is 27.0. The van der Waals surface area contributed by atoms with E-state index in [0.717, 1.165) is 6.07 Å². The van der Waals surface area contributed by atoms with E-state index in [0.29, 0.717) is 36.7 Å². The monoisotopic (exact) mass is 509 g/mol. The molecule has 0 aliphatic carbocycles. The number of nitrogens with two attached hydrogens (primary N) is 2. The summed E-state index contributed by atoms with van der Waals surface area (Å²) in [6, 6.07) is 5.51. The number of hydrogen-bond acceptors (Lipinski definition) is 8. The highest BCUT2D eigenvalue weighted by Gasteiger charge is 2.20. The molecular formula is C23H30F3N7O3. The van der Waals surface area contributed by atoms with E-state index in [9.17, 15) is 18.0 Å². The van der Waals surface area contributed by atoms with Crippen molar-refractivity contribution < 1.29 is 27.4 Å². The average molecular weight is 510 g/mol. The van der Waals surface area contributed by atoms with Gasteiger partial charge in [-0.15, -0.1) is 5.10 Å². The van der Waals surface area contributed by atoms with Gasteiger partial charge >= 0.3 is 6.61 Å². The maximum absolute atomic E-state index is 14.7. The summed E-state index contributed by atoms with van der Waals surface area (Å²) in [7, 11) is 1.51. The van der Waals surface area contributed by atoms with Gasteiger partial charge in [0.05, 0.1) is 29.6 Å². The zero-order chi connectivity index (χ0) is 26.4. The van der Waals surface area contributed by atoms with Gasteiger partial charge in [-0.3, -0.25) is 9.48 Å². The Morgan fingerprint density at radius 3 is 2.58 bits per heavy atom. The molecule has 0 saturated carbocycles. The second-order valence-electron chi connectivity index (χ2n) is 8.54. The van der Waals surface area contributed by atoms with E-state index in [-0.39, 0.29) is 41.1 Å². The molecule has 1 unspecified atom stereocenters. The van der Waals surface area contributed by atoms with Crippen molar-refractivity contribution in [3.05, 3.63) is 35.6 Å². The zero-order valence-corrected chi connectivity index (χ0v) is 20.2. The number of pyridine rings is 1. The highest BCUT2D eigenvalue weighted by Crippen LogP contribution is 2.31. The summed E-state index contributed by atoms with van der Waals surface area (Å²) in [5.41, 5.74) is 12.0. The van der Waals surface area contributed by atoms with Crippen molar-refractivity contribution in [3.63, 3.8) is 0 Å². The van der Waals surface area contributed by atoms with E-state index in [2.05, 4.69) is 25.5 Å². The van der Waals surface area contributed by atoms with Crippen molar-refractivity contribution in [2.75, 3.05) is 30.9 Å². The molecule has 0 bridgehead atoms. The summed E-state index contributed by atoms with van der Waals surface area (Å²) in [4.78, 5) is 16.2. The molecule has 1 atom stereocenters. The van der Waals surface area contributed by atoms with Crippen LogP contribution >= 0.6 is 0 Å². The number of aromatic nitrogens is 3. The van der Waals surface area contributed by atoms with Crippen molar-refractivity contribution in [2.45, 2.75) is 39.5 Å². The second kappa shape index (κ2) is 11.9. The van der Waals surface area contributed by atoms with E-state index in [4.69, 9.17) is 16.2 Å². The van der Waals surface area contributed by atoms with E-state index >= 15 is 0 Å². The first-order chi connectivity index (χ1) is 17.1. The molecule has 1 amide bonds. The molecule has 0 aliphatic heterocycles. The standard InChI is InChI=1S/C23H30F3N7O3/c1-12(2)8-14(11-27)30-21-17(24)10-16(19(28)34)20(31-21)29-13-4-5-18-15(9-13)22(36-23(25)26)32-33(18)6-7-35-3/h4-5,9-10,12,14,23H,6-8,11,27H2,1-3H3,(H2,28,34)(H2,29,30,31). The Balaban J connectivity index is 2.00. The molecule has 36 heavy (non-hydrogen) atoms. The number of halogens is 3. The third-order valence-corrected chi connectivity index (χ3v) is 5.31. The van der Waals surface area contributed by atoms with Gasteiger partial charge in [-0.2, -0.15) is 8.78 Å². The highest BCUT2D eigenvalue weighted by molar-refractivity contribution is 5.99. The van der Waals surface area contributed by atoms with E-state index in [1.807, 2.05) is 13.8 Å². The Labute approximate surface area is 206 Å². The molecular weight excluding hydrogens is 479 g/mol. The van der Waals surface area contributed by atoms with Crippen LogP contribution in [0.3, 0.4) is 0 Å². The molecule has 13 heteroatoms. The van der Waals surface area contributed by atoms with Crippen molar-refractivity contribution in [1.29, 1.82) is 0 Å². The molecule has 2 aromatic heterocycles. The van der Waals surface area contributed by atoms with Gasteiger partial charge in [0.15, 0.2) is 11.6 Å². The van der Waals surface area contributed by atoms with Crippen LogP contribution in [0.2, 0.25) is 0 Å². The predicted molar refractivity (Wildman–Crippen MR) is 130 cm³/mol. The molecule has 196 valence electrons. The highest BCUT2D eigenvalue weighted by atomic mass is 19.3. The quantitative estimate of drug-likeness (QED) is 0.274. The van der Waals surface area contributed by atoms with Crippen LogP contribution in [0.5, 0.6) is 5.88 Å². The third-order valence-electron chi connectivity index (χ3n) is 5.31. The number of alkyl halides is 2. The molecule has 2 heterocycles. The number of carbonyl (C=O) groups is 1. The number of ether oxygens (including phenoxy) is 2. The summed E-state index contributed by atoms with van der Waals surface area (Å²) >= 11 is 0. The van der Waals surface area contributed by atoms with Gasteiger partial charge in [0.2, 0.25) is 5.88 Å². The number of carbonyl (C=O) groups excluding carboxylic acids is 1. The molecule has 0 aliphatic rings. The lowest BCUT2D eigenvalue weighted by Gasteiger charge is -2.21. The fraction of sp³-hybridized carbons (Fsp3) is 0.435. The topological polar surface area (TPSA) is 142 Å². The maximum Gasteiger partial charge on any atom is 0.388 e. The van der Waals surface area contributed by atoms with Gasteiger partial charge in [0.25, 0.3) is 5.91 Å². The van der Waals surface area contributed by atoms with Crippen molar-refractivity contribution in [3.8, 4) is 5.88 Å². The van der Waals surface area contributed by atoms with Gasteiger partial charge in [-0.1, -0.05) is 13.8 Å². The van der Waals surface area contributed by atoms with E-state index in [1.54, 1.807) is 12.1 Å². The molecule has 0 radical (unpaired) electrons. The summed E-state index contributed by atoms with van der Waals surface area (Å²) in [5.74, 6) is -1.76. The van der Waals surface area contributed by atoms with E-state index in [1.165, 1.54) is 17.9 Å². The van der Waals surface area contributed by atoms with Gasteiger partial charge in [-0.25, -0.2) is 9.37 Å². The SMILES string of the molecule is COCCn1nc(OC(F)F)c2cc(Nc3nc(NC(CN)CC(C)C)c(F)cc3C(N)=O)ccc21. The number of nitrogens with one attached hydrogen (secondary N) is 2. The number of anilines is 3. The fourth-order valence-electron chi connectivity index (χ4n) is 3.73. The first-order valence-electron chi connectivity index (χ1n) is 11.3. The van der Waals surface area contributed by atoms with Crippen LogP contribution in [0.15, 0.2) is 24.3 Å². The number of rotatable bonds is 13. The van der Waals surface area contributed by atoms with Gasteiger partial charge in [-0.05, 0) is 36.6 Å². The first-order valence-corrected chi connectivity index (χ1v) is 11.3. The lowest BCUT2D eigenvalue weighted by atomic mass is 10.0. The Morgan fingerprint density at radius 2 is 1.97 bits per heavy atom. The smallest absolute Gasteiger partial charge is 0.388 e. The number of primary amides is 1. The molecule has 10 nitrogen and oxygen atoms in total. The van der Waals surface area contributed by atoms with E-state index < -0.39 is 18.3 Å². The number of nitrogens with zero attached hydrogens (tertiary/aromatic N) is 3. The third kappa shape index (κ3) is 6.55. The van der Waals surface area contributed by atoms with Crippen molar-refractivity contribution >= 4 is 34.1 Å². The Bertz CT molecular complexity index is 1200. The normalized spacial score (nSPS) is 12.4. The molecule has 1 aromatic carbocycles. The molecule has 3 rings (SSSR count). The molecule has 6 N–H and O–H groups in total. The molecule has 0 spiro atoms. The lowest BCUT2D eigenvalue weighted by Crippen LogP contribution is -2.31. The van der Waals surface area contributed by atoms with Crippen LogP contribution in [-0.4, -0.2) is 53.6 Å². The maximum atomic E-state index is 14.7.